The quantitative estimate of drug-likeness (QED) is 0.128. The van der Waals surface area contributed by atoms with E-state index in [-0.39, 0.29) is 6.10 Å². The van der Waals surface area contributed by atoms with E-state index in [0.29, 0.717) is 6.61 Å². The van der Waals surface area contributed by atoms with Gasteiger partial charge in [-0.15, -0.1) is 0 Å². The lowest BCUT2D eigenvalue weighted by Crippen LogP contribution is -2.13. The number of aryl methyl sites for hydroxylation is 1. The molecule has 38 heavy (non-hydrogen) atoms. The van der Waals surface area contributed by atoms with E-state index in [4.69, 9.17) is 9.47 Å². The van der Waals surface area contributed by atoms with Crippen LogP contribution >= 0.6 is 0 Å². The molecule has 0 bridgehead atoms. The van der Waals surface area contributed by atoms with E-state index in [1.807, 2.05) is 36.7 Å². The fourth-order valence-corrected chi connectivity index (χ4v) is 4.74. The number of rotatable bonds is 24. The van der Waals surface area contributed by atoms with Gasteiger partial charge in [-0.1, -0.05) is 104 Å². The number of unbranched alkanes of at least 4 members (excludes halogenated alkanes) is 14. The molecule has 1 atom stereocenters. The van der Waals surface area contributed by atoms with Crippen LogP contribution in [0.3, 0.4) is 0 Å². The second-order valence-electron chi connectivity index (χ2n) is 11.0. The summed E-state index contributed by atoms with van der Waals surface area (Å²) in [5.41, 5.74) is 2.25. The Morgan fingerprint density at radius 3 is 1.74 bits per heavy atom. The van der Waals surface area contributed by atoms with Crippen molar-refractivity contribution in [1.29, 1.82) is 0 Å². The van der Waals surface area contributed by atoms with Gasteiger partial charge >= 0.3 is 0 Å². The molecule has 0 fully saturated rings. The third-order valence-electron chi connectivity index (χ3n) is 7.33. The maximum Gasteiger partial charge on any atom is 0.159 e. The van der Waals surface area contributed by atoms with E-state index < -0.39 is 0 Å². The Labute approximate surface area is 234 Å². The van der Waals surface area contributed by atoms with Crippen LogP contribution in [0.15, 0.2) is 36.7 Å². The summed E-state index contributed by atoms with van der Waals surface area (Å²) in [6, 6.07) is 8.11. The van der Waals surface area contributed by atoms with Crippen molar-refractivity contribution in [2.75, 3.05) is 13.2 Å². The Bertz CT molecular complexity index is 791. The smallest absolute Gasteiger partial charge is 0.159 e. The minimum Gasteiger partial charge on any atom is -0.493 e. The lowest BCUT2D eigenvalue weighted by atomic mass is 10.1. The van der Waals surface area contributed by atoms with Crippen LogP contribution in [0, 0.1) is 0 Å². The predicted molar refractivity (Wildman–Crippen MR) is 162 cm³/mol. The van der Waals surface area contributed by atoms with Crippen molar-refractivity contribution in [2.45, 2.75) is 142 Å². The second kappa shape index (κ2) is 21.9. The van der Waals surface area contributed by atoms with Crippen LogP contribution in [0.1, 0.15) is 135 Å². The molecule has 0 aliphatic carbocycles. The Balaban J connectivity index is 1.52. The minimum absolute atomic E-state index is 0.232. The number of aromatic nitrogens is 2. The summed E-state index contributed by atoms with van der Waals surface area (Å²) < 4.78 is 11.9. The van der Waals surface area contributed by atoms with Crippen LogP contribution in [0.4, 0.5) is 0 Å². The molecule has 214 valence electrons. The highest BCUT2D eigenvalue weighted by Gasteiger charge is 2.05. The third kappa shape index (κ3) is 15.5. The van der Waals surface area contributed by atoms with Gasteiger partial charge in [0.1, 0.15) is 5.75 Å². The molecule has 0 amide bonds. The fraction of sp³-hybridized carbons (Fsp3) is 0.706. The van der Waals surface area contributed by atoms with Gasteiger partial charge in [-0.05, 0) is 56.0 Å². The van der Waals surface area contributed by atoms with Crippen LogP contribution in [-0.4, -0.2) is 29.3 Å². The van der Waals surface area contributed by atoms with Crippen molar-refractivity contribution >= 4 is 0 Å². The lowest BCUT2D eigenvalue weighted by Gasteiger charge is -2.14. The summed E-state index contributed by atoms with van der Waals surface area (Å²) in [4.78, 5) is 9.19. The van der Waals surface area contributed by atoms with Gasteiger partial charge in [0.2, 0.25) is 0 Å². The number of nitrogens with zero attached hydrogens (tertiary/aromatic N) is 2. The van der Waals surface area contributed by atoms with Gasteiger partial charge in [0.15, 0.2) is 5.82 Å². The molecule has 4 nitrogen and oxygen atoms in total. The first-order chi connectivity index (χ1) is 18.7. The highest BCUT2D eigenvalue weighted by atomic mass is 16.5. The monoisotopic (exact) mass is 524 g/mol. The molecule has 0 aliphatic heterocycles. The molecule has 1 unspecified atom stereocenters. The van der Waals surface area contributed by atoms with Gasteiger partial charge in [-0.25, -0.2) is 9.97 Å². The third-order valence-corrected chi connectivity index (χ3v) is 7.33. The summed E-state index contributed by atoms with van der Waals surface area (Å²) in [6.45, 7) is 8.22. The van der Waals surface area contributed by atoms with Crippen LogP contribution in [0.5, 0.6) is 5.75 Å². The molecule has 0 radical (unpaired) electrons. The number of hydrogen-bond donors (Lipinski definition) is 0. The van der Waals surface area contributed by atoms with E-state index >= 15 is 0 Å². The molecule has 1 aromatic carbocycles. The zero-order valence-corrected chi connectivity index (χ0v) is 24.9. The molecule has 0 saturated carbocycles. The van der Waals surface area contributed by atoms with Crippen molar-refractivity contribution < 1.29 is 9.47 Å². The van der Waals surface area contributed by atoms with E-state index in [9.17, 15) is 0 Å². The summed E-state index contributed by atoms with van der Waals surface area (Å²) in [7, 11) is 0. The van der Waals surface area contributed by atoms with Crippen LogP contribution in [-0.2, 0) is 11.2 Å². The highest BCUT2D eigenvalue weighted by molar-refractivity contribution is 5.55. The zero-order valence-electron chi connectivity index (χ0n) is 24.9. The molecule has 2 aromatic rings. The van der Waals surface area contributed by atoms with Gasteiger partial charge in [-0.2, -0.15) is 0 Å². The van der Waals surface area contributed by atoms with Gasteiger partial charge in [0.25, 0.3) is 0 Å². The second-order valence-corrected chi connectivity index (χ2v) is 11.0. The topological polar surface area (TPSA) is 44.2 Å². The molecule has 0 saturated heterocycles. The Kier molecular flexibility index (Phi) is 18.6. The molecular weight excluding hydrogens is 468 g/mol. The van der Waals surface area contributed by atoms with Crippen LogP contribution in [0.2, 0.25) is 0 Å². The minimum atomic E-state index is 0.232. The van der Waals surface area contributed by atoms with Crippen molar-refractivity contribution in [2.24, 2.45) is 0 Å². The summed E-state index contributed by atoms with van der Waals surface area (Å²) in [6.07, 6.45) is 27.6. The molecule has 1 heterocycles. The SMILES string of the molecule is CCCCCCCCCCCCOC(C)CCOc1ccc(-c2ncc(CCCCCCCC)cn2)cc1. The van der Waals surface area contributed by atoms with Gasteiger partial charge in [-0.3, -0.25) is 0 Å². The van der Waals surface area contributed by atoms with Gasteiger partial charge < -0.3 is 9.47 Å². The van der Waals surface area contributed by atoms with Gasteiger partial charge in [0, 0.05) is 31.0 Å². The molecule has 4 heteroatoms. The number of ether oxygens (including phenoxy) is 2. The predicted octanol–water partition coefficient (Wildman–Crippen LogP) is 10.1. The van der Waals surface area contributed by atoms with Crippen LogP contribution < -0.4 is 4.74 Å². The molecule has 0 spiro atoms. The first-order valence-corrected chi connectivity index (χ1v) is 15.9. The van der Waals surface area contributed by atoms with E-state index in [1.54, 1.807) is 0 Å². The van der Waals surface area contributed by atoms with Crippen molar-refractivity contribution in [3.8, 4) is 17.1 Å². The first-order valence-electron chi connectivity index (χ1n) is 15.9. The Morgan fingerprint density at radius 1 is 0.632 bits per heavy atom. The number of benzene rings is 1. The normalized spacial score (nSPS) is 12.1. The van der Waals surface area contributed by atoms with Crippen molar-refractivity contribution in [3.05, 3.63) is 42.2 Å². The molecule has 0 aliphatic rings. The van der Waals surface area contributed by atoms with Crippen LogP contribution in [0.25, 0.3) is 11.4 Å². The first kappa shape index (κ1) is 32.3. The summed E-state index contributed by atoms with van der Waals surface area (Å²) in [5.74, 6) is 1.66. The van der Waals surface area contributed by atoms with E-state index in [1.165, 1.54) is 108 Å². The standard InChI is InChI=1S/C34H56N2O2/c1-4-6-8-10-12-13-14-15-17-19-26-37-30(3)25-27-38-33-23-21-32(22-24-33)34-35-28-31(29-36-34)20-18-16-11-9-7-5-2/h21-24,28-30H,4-20,25-27H2,1-3H3. The average Bonchev–Trinajstić information content (AvgIpc) is 2.94. The molecule has 0 N–H and O–H groups in total. The fourth-order valence-electron chi connectivity index (χ4n) is 4.74. The number of hydrogen-bond acceptors (Lipinski definition) is 4. The van der Waals surface area contributed by atoms with Crippen molar-refractivity contribution in [3.63, 3.8) is 0 Å². The molecule has 2 rings (SSSR count). The van der Waals surface area contributed by atoms with Gasteiger partial charge in [0.05, 0.1) is 12.7 Å². The van der Waals surface area contributed by atoms with E-state index in [0.717, 1.165) is 36.6 Å². The lowest BCUT2D eigenvalue weighted by molar-refractivity contribution is 0.0480. The summed E-state index contributed by atoms with van der Waals surface area (Å²) >= 11 is 0. The highest BCUT2D eigenvalue weighted by Crippen LogP contribution is 2.20. The molecule has 1 aromatic heterocycles. The van der Waals surface area contributed by atoms with E-state index in [2.05, 4.69) is 30.7 Å². The molecular formula is C34H56N2O2. The Morgan fingerprint density at radius 2 is 1.16 bits per heavy atom. The maximum absolute atomic E-state index is 5.99. The van der Waals surface area contributed by atoms with Crippen molar-refractivity contribution in [1.82, 2.24) is 9.97 Å². The summed E-state index contributed by atoms with van der Waals surface area (Å²) in [5, 5.41) is 0. The maximum atomic E-state index is 5.99. The zero-order chi connectivity index (χ0) is 27.1. The largest absolute Gasteiger partial charge is 0.493 e. The average molecular weight is 525 g/mol. The Hall–Kier alpha value is -1.94.